The number of hydrogen-bond donors (Lipinski definition) is 1. The summed E-state index contributed by atoms with van der Waals surface area (Å²) in [5, 5.41) is 9.13. The molecule has 1 N–H and O–H groups in total. The van der Waals surface area contributed by atoms with Crippen LogP contribution in [0.1, 0.15) is 16.7 Å². The summed E-state index contributed by atoms with van der Waals surface area (Å²) in [5.74, 6) is 0.228. The molecule has 0 bridgehead atoms. The average molecular weight is 270 g/mol. The number of ether oxygens (including phenoxy) is 1. The van der Waals surface area contributed by atoms with Crippen molar-refractivity contribution in [3.8, 4) is 5.75 Å². The fourth-order valence-corrected chi connectivity index (χ4v) is 2.38. The number of aliphatic hydroxyl groups excluding tert-OH is 1. The molecule has 102 valence electrons. The van der Waals surface area contributed by atoms with Crippen LogP contribution in [0.2, 0.25) is 0 Å². The van der Waals surface area contributed by atoms with Crippen LogP contribution in [-0.4, -0.2) is 11.7 Å². The van der Waals surface area contributed by atoms with Crippen molar-refractivity contribution in [2.45, 2.75) is 13.0 Å². The largest absolute Gasteiger partial charge is 0.489 e. The molecule has 0 aromatic heterocycles. The molecule has 0 aliphatic heterocycles. The fraction of sp³-hybridized carbons (Fsp3) is 0.176. The van der Waals surface area contributed by atoms with Gasteiger partial charge in [0.15, 0.2) is 0 Å². The fourth-order valence-electron chi connectivity index (χ4n) is 2.38. The highest BCUT2D eigenvalue weighted by Crippen LogP contribution is 2.31. The Labute approximate surface area is 117 Å². The van der Waals surface area contributed by atoms with Crippen molar-refractivity contribution in [2.75, 3.05) is 6.61 Å². The van der Waals surface area contributed by atoms with E-state index in [2.05, 4.69) is 0 Å². The van der Waals surface area contributed by atoms with E-state index in [0.29, 0.717) is 24.3 Å². The average Bonchev–Trinajstić information content (AvgIpc) is 2.90. The Hall–Kier alpha value is -2.13. The maximum absolute atomic E-state index is 14.0. The van der Waals surface area contributed by atoms with Gasteiger partial charge in [-0.25, -0.2) is 4.39 Å². The van der Waals surface area contributed by atoms with Crippen LogP contribution in [0, 0.1) is 5.82 Å². The molecule has 3 heteroatoms. The van der Waals surface area contributed by atoms with Gasteiger partial charge in [-0.3, -0.25) is 0 Å². The SMILES string of the molecule is OCC1=Cc2c(F)cc(OCc3ccccc3)cc2C1. The van der Waals surface area contributed by atoms with Crippen LogP contribution in [0.3, 0.4) is 0 Å². The van der Waals surface area contributed by atoms with E-state index < -0.39 is 0 Å². The topological polar surface area (TPSA) is 29.5 Å². The van der Waals surface area contributed by atoms with E-state index in [9.17, 15) is 4.39 Å². The first kappa shape index (κ1) is 12.9. The van der Waals surface area contributed by atoms with Crippen molar-refractivity contribution >= 4 is 6.08 Å². The van der Waals surface area contributed by atoms with Gasteiger partial charge in [-0.15, -0.1) is 0 Å². The summed E-state index contributed by atoms with van der Waals surface area (Å²) in [7, 11) is 0. The number of benzene rings is 2. The molecule has 3 rings (SSSR count). The molecule has 0 radical (unpaired) electrons. The quantitative estimate of drug-likeness (QED) is 0.923. The molecule has 2 nitrogen and oxygen atoms in total. The molecule has 0 saturated carbocycles. The van der Waals surface area contributed by atoms with Gasteiger partial charge >= 0.3 is 0 Å². The molecule has 2 aromatic rings. The van der Waals surface area contributed by atoms with Crippen molar-refractivity contribution in [2.24, 2.45) is 0 Å². The van der Waals surface area contributed by atoms with E-state index in [1.54, 1.807) is 6.08 Å². The summed E-state index contributed by atoms with van der Waals surface area (Å²) in [4.78, 5) is 0. The smallest absolute Gasteiger partial charge is 0.134 e. The summed E-state index contributed by atoms with van der Waals surface area (Å²) >= 11 is 0. The minimum Gasteiger partial charge on any atom is -0.489 e. The van der Waals surface area contributed by atoms with Crippen LogP contribution >= 0.6 is 0 Å². The molecule has 0 fully saturated rings. The summed E-state index contributed by atoms with van der Waals surface area (Å²) in [6.45, 7) is 0.383. The molecule has 1 aliphatic rings. The van der Waals surface area contributed by atoms with E-state index >= 15 is 0 Å². The molecule has 20 heavy (non-hydrogen) atoms. The highest BCUT2D eigenvalue weighted by Gasteiger charge is 2.17. The van der Waals surface area contributed by atoms with Crippen molar-refractivity contribution in [3.63, 3.8) is 0 Å². The van der Waals surface area contributed by atoms with Crippen molar-refractivity contribution in [1.29, 1.82) is 0 Å². The van der Waals surface area contributed by atoms with Crippen LogP contribution in [0.4, 0.5) is 4.39 Å². The lowest BCUT2D eigenvalue weighted by Gasteiger charge is -2.09. The van der Waals surface area contributed by atoms with E-state index in [1.807, 2.05) is 36.4 Å². The summed E-state index contributed by atoms with van der Waals surface area (Å²) in [6.07, 6.45) is 2.30. The maximum atomic E-state index is 14.0. The number of halogens is 1. The van der Waals surface area contributed by atoms with Crippen molar-refractivity contribution in [3.05, 3.63) is 70.5 Å². The molecular formula is C17H15FO2. The third-order valence-corrected chi connectivity index (χ3v) is 3.41. The van der Waals surface area contributed by atoms with E-state index in [-0.39, 0.29) is 12.4 Å². The highest BCUT2D eigenvalue weighted by atomic mass is 19.1. The minimum atomic E-state index is -0.297. The van der Waals surface area contributed by atoms with Crippen LogP contribution in [0.15, 0.2) is 48.0 Å². The highest BCUT2D eigenvalue weighted by molar-refractivity contribution is 5.65. The summed E-state index contributed by atoms with van der Waals surface area (Å²) < 4.78 is 19.6. The predicted molar refractivity (Wildman–Crippen MR) is 75.9 cm³/mol. The van der Waals surface area contributed by atoms with Gasteiger partial charge in [-0.05, 0) is 35.3 Å². The lowest BCUT2D eigenvalue weighted by molar-refractivity contribution is 0.304. The molecule has 0 heterocycles. The predicted octanol–water partition coefficient (Wildman–Crippen LogP) is 3.34. The Bertz CT molecular complexity index is 648. The van der Waals surface area contributed by atoms with Gasteiger partial charge in [-0.2, -0.15) is 0 Å². The lowest BCUT2D eigenvalue weighted by Crippen LogP contribution is -1.98. The van der Waals surface area contributed by atoms with Crippen LogP contribution in [-0.2, 0) is 13.0 Å². The van der Waals surface area contributed by atoms with Gasteiger partial charge < -0.3 is 9.84 Å². The first-order chi connectivity index (χ1) is 9.76. The number of aliphatic hydroxyl groups is 1. The second-order valence-corrected chi connectivity index (χ2v) is 4.89. The zero-order chi connectivity index (χ0) is 13.9. The zero-order valence-electron chi connectivity index (χ0n) is 11.0. The second-order valence-electron chi connectivity index (χ2n) is 4.89. The third kappa shape index (κ3) is 2.58. The van der Waals surface area contributed by atoms with Crippen LogP contribution < -0.4 is 4.74 Å². The molecule has 2 aromatic carbocycles. The van der Waals surface area contributed by atoms with E-state index in [0.717, 1.165) is 16.7 Å². The Kier molecular flexibility index (Phi) is 3.52. The monoisotopic (exact) mass is 270 g/mol. The molecule has 0 atom stereocenters. The van der Waals surface area contributed by atoms with Gasteiger partial charge in [-0.1, -0.05) is 30.3 Å². The lowest BCUT2D eigenvalue weighted by atomic mass is 10.1. The zero-order valence-corrected chi connectivity index (χ0v) is 11.0. The molecular weight excluding hydrogens is 255 g/mol. The Morgan fingerprint density at radius 1 is 1.15 bits per heavy atom. The summed E-state index contributed by atoms with van der Waals surface area (Å²) in [5.41, 5.74) is 3.32. The number of fused-ring (bicyclic) bond motifs is 1. The number of hydrogen-bond acceptors (Lipinski definition) is 2. The first-order valence-electron chi connectivity index (χ1n) is 6.55. The van der Waals surface area contributed by atoms with E-state index in [1.165, 1.54) is 6.07 Å². The third-order valence-electron chi connectivity index (χ3n) is 3.41. The van der Waals surface area contributed by atoms with Gasteiger partial charge in [0.25, 0.3) is 0 Å². The van der Waals surface area contributed by atoms with Gasteiger partial charge in [0.2, 0.25) is 0 Å². The summed E-state index contributed by atoms with van der Waals surface area (Å²) in [6, 6.07) is 13.0. The molecule has 0 spiro atoms. The maximum Gasteiger partial charge on any atom is 0.134 e. The Morgan fingerprint density at radius 2 is 1.95 bits per heavy atom. The molecule has 0 unspecified atom stereocenters. The normalized spacial score (nSPS) is 13.0. The van der Waals surface area contributed by atoms with E-state index in [4.69, 9.17) is 9.84 Å². The molecule has 1 aliphatic carbocycles. The van der Waals surface area contributed by atoms with Crippen molar-refractivity contribution < 1.29 is 14.2 Å². The second kappa shape index (κ2) is 5.47. The molecule has 0 saturated heterocycles. The van der Waals surface area contributed by atoms with Gasteiger partial charge in [0, 0.05) is 11.6 Å². The minimum absolute atomic E-state index is 0.0334. The Balaban J connectivity index is 1.76. The van der Waals surface area contributed by atoms with Crippen LogP contribution in [0.5, 0.6) is 5.75 Å². The van der Waals surface area contributed by atoms with Crippen LogP contribution in [0.25, 0.3) is 6.08 Å². The standard InChI is InChI=1S/C17H15FO2/c18-17-9-15(20-11-12-4-2-1-3-5-12)8-14-6-13(10-19)7-16(14)17/h1-5,7-9,19H,6,10-11H2. The van der Waals surface area contributed by atoms with Gasteiger partial charge in [0.1, 0.15) is 18.2 Å². The first-order valence-corrected chi connectivity index (χ1v) is 6.55. The molecule has 0 amide bonds. The van der Waals surface area contributed by atoms with Crippen molar-refractivity contribution in [1.82, 2.24) is 0 Å². The van der Waals surface area contributed by atoms with Gasteiger partial charge in [0.05, 0.1) is 6.61 Å². The Morgan fingerprint density at radius 3 is 2.70 bits per heavy atom. The number of rotatable bonds is 4.